The standard InChI is InChI=1S/In.3O.Sn.Ti.3H. The Balaban J connectivity index is -0.0000000275. The molecule has 6 heavy (non-hydrogen) atoms. The van der Waals surface area contributed by atoms with E-state index < -0.39 is 19.1 Å². The van der Waals surface area contributed by atoms with Gasteiger partial charge in [0, 0.05) is 0 Å². The van der Waals surface area contributed by atoms with Gasteiger partial charge in [0.05, 0.1) is 0 Å². The second-order valence-electron chi connectivity index (χ2n) is 0.0833. The van der Waals surface area contributed by atoms with Crippen molar-refractivity contribution in [1.29, 1.82) is 0 Å². The van der Waals surface area contributed by atoms with Crippen molar-refractivity contribution in [3.8, 4) is 0 Å². The van der Waals surface area contributed by atoms with E-state index >= 15 is 0 Å². The Kier molecular flexibility index (Phi) is 76.4. The molecule has 0 N–H and O–H groups in total. The Morgan fingerprint density at radius 1 is 1.17 bits per heavy atom. The minimum absolute atomic E-state index is 0. The zero-order valence-electron chi connectivity index (χ0n) is 3.14. The van der Waals surface area contributed by atoms with E-state index in [2.05, 4.69) is 0 Å². The number of hydrogen-bond donors (Lipinski definition) is 0. The third kappa shape index (κ3) is 41.6. The molecular weight excluding hydrogens is 329 g/mol. The summed E-state index contributed by atoms with van der Waals surface area (Å²) in [5.74, 6) is 0. The fourth-order valence-corrected chi connectivity index (χ4v) is 0. The third-order valence-electron chi connectivity index (χ3n) is 0. The van der Waals surface area contributed by atoms with Gasteiger partial charge in [0.25, 0.3) is 0 Å². The van der Waals surface area contributed by atoms with E-state index in [1.165, 1.54) is 0 Å². The Morgan fingerprint density at radius 3 is 1.17 bits per heavy atom. The first kappa shape index (κ1) is 15.7. The molecule has 0 atom stereocenters. The molecule has 0 aromatic carbocycles. The van der Waals surface area contributed by atoms with Gasteiger partial charge in [0.2, 0.25) is 0 Å². The van der Waals surface area contributed by atoms with Crippen LogP contribution in [0.1, 0.15) is 0 Å². The van der Waals surface area contributed by atoms with Gasteiger partial charge in [-0.2, -0.15) is 0 Å². The third-order valence-corrected chi connectivity index (χ3v) is 0. The van der Waals surface area contributed by atoms with Gasteiger partial charge in [-0.25, -0.2) is 0 Å². The summed E-state index contributed by atoms with van der Waals surface area (Å²) in [5.41, 5.74) is 0. The van der Waals surface area contributed by atoms with Crippen LogP contribution in [0.15, 0.2) is 0 Å². The van der Waals surface area contributed by atoms with E-state index in [1.54, 1.807) is 0 Å². The van der Waals surface area contributed by atoms with Crippen LogP contribution in [0.4, 0.5) is 0 Å². The summed E-state index contributed by atoms with van der Waals surface area (Å²) in [4.78, 5) is 0. The Labute approximate surface area is 75.8 Å². The average Bonchev–Trinajstić information content (AvgIpc) is 1.46. The molecule has 0 amide bonds. The van der Waals surface area contributed by atoms with Crippen LogP contribution in [0.25, 0.3) is 0 Å². The minimum atomic E-state index is -2.00. The van der Waals surface area contributed by atoms with E-state index in [0.29, 0.717) is 0 Å². The van der Waals surface area contributed by atoms with Gasteiger partial charge in [0.1, 0.15) is 0 Å². The van der Waals surface area contributed by atoms with Gasteiger partial charge >= 0.3 is 76.9 Å². The normalized spacial score (nSPS) is 1.83. The molecule has 0 unspecified atom stereocenters. The van der Waals surface area contributed by atoms with Crippen molar-refractivity contribution in [1.82, 2.24) is 0 Å². The first-order chi connectivity index (χ1) is 2.41. The molecule has 0 aromatic heterocycles. The molecule has 6 heteroatoms. The summed E-state index contributed by atoms with van der Waals surface area (Å²) in [6, 6.07) is 0. The van der Waals surface area contributed by atoms with Crippen molar-refractivity contribution in [2.24, 2.45) is 0 Å². The first-order valence-corrected chi connectivity index (χ1v) is 3.62. The van der Waals surface area contributed by atoms with Gasteiger partial charge in [-0.1, -0.05) is 0 Å². The molecule has 0 aliphatic carbocycles. The van der Waals surface area contributed by atoms with Gasteiger partial charge < -0.3 is 0 Å². The van der Waals surface area contributed by atoms with Crippen LogP contribution < -0.4 is 0 Å². The van der Waals surface area contributed by atoms with E-state index in [1.807, 2.05) is 0 Å². The van der Waals surface area contributed by atoms with Crippen LogP contribution in [0, 0.1) is 0 Å². The molecule has 0 heterocycles. The van der Waals surface area contributed by atoms with Crippen molar-refractivity contribution in [3.05, 3.63) is 0 Å². The van der Waals surface area contributed by atoms with Crippen molar-refractivity contribution in [2.45, 2.75) is 0 Å². The maximum absolute atomic E-state index is 8.50. The summed E-state index contributed by atoms with van der Waals surface area (Å²) in [6.07, 6.45) is 0. The van der Waals surface area contributed by atoms with Gasteiger partial charge in [-0.05, 0) is 0 Å². The molecule has 0 rings (SSSR count). The van der Waals surface area contributed by atoms with Crippen LogP contribution in [0.2, 0.25) is 0 Å². The zero-order chi connectivity index (χ0) is 4.71. The summed E-state index contributed by atoms with van der Waals surface area (Å²) in [6.45, 7) is 0. The number of hydrogen-bond acceptors (Lipinski definition) is 3. The molecule has 32 valence electrons. The van der Waals surface area contributed by atoms with Crippen LogP contribution in [0.5, 0.6) is 0 Å². The monoisotopic (exact) mass is 334 g/mol. The van der Waals surface area contributed by atoms with Crippen molar-refractivity contribution in [3.63, 3.8) is 0 Å². The van der Waals surface area contributed by atoms with E-state index in [-0.39, 0.29) is 48.3 Å². The Morgan fingerprint density at radius 2 is 1.17 bits per heavy atom. The van der Waals surface area contributed by atoms with E-state index in [4.69, 9.17) is 9.50 Å². The zero-order valence-corrected chi connectivity index (χ0v) is 12.8. The molecule has 3 nitrogen and oxygen atoms in total. The van der Waals surface area contributed by atoms with Gasteiger partial charge in [-0.15, -0.1) is 0 Å². The van der Waals surface area contributed by atoms with Crippen molar-refractivity contribution in [2.75, 3.05) is 0 Å². The fourth-order valence-electron chi connectivity index (χ4n) is 0. The van der Waals surface area contributed by atoms with Gasteiger partial charge in [0.15, 0.2) is 0 Å². The molecule has 0 fully saturated rings. The molecule has 0 saturated carbocycles. The molecule has 2 radical (unpaired) electrons. The SMILES string of the molecule is [O]=[InH].[O]=[Ti]=[O].[SnH2]. The second kappa shape index (κ2) is 29.3. The average molecular weight is 332 g/mol. The van der Waals surface area contributed by atoms with E-state index in [0.717, 1.165) is 0 Å². The van der Waals surface area contributed by atoms with E-state index in [9.17, 15) is 0 Å². The summed E-state index contributed by atoms with van der Waals surface area (Å²) in [7, 11) is 0. The number of rotatable bonds is 0. The summed E-state index contributed by atoms with van der Waals surface area (Å²) in [5, 5.41) is 0. The topological polar surface area (TPSA) is 51.2 Å². The molecule has 0 aromatic rings. The molecule has 0 aliphatic rings. The quantitative estimate of drug-likeness (QED) is 0.486. The molecule has 0 aliphatic heterocycles. The van der Waals surface area contributed by atoms with Crippen LogP contribution in [0.3, 0.4) is 0 Å². The van der Waals surface area contributed by atoms with Crippen LogP contribution >= 0.6 is 0 Å². The van der Waals surface area contributed by atoms with Crippen molar-refractivity contribution >= 4 is 48.3 Å². The molecule has 0 spiro atoms. The van der Waals surface area contributed by atoms with Crippen LogP contribution in [-0.4, -0.2) is 48.3 Å². The van der Waals surface area contributed by atoms with Gasteiger partial charge in [-0.3, -0.25) is 0 Å². The second-order valence-corrected chi connectivity index (χ2v) is 0.344. The Hall–Kier alpha value is 1.78. The fraction of sp³-hybridized carbons (Fsp3) is 0. The molecular formula is H3InO3SnTi. The predicted octanol–water partition coefficient (Wildman–Crippen LogP) is -1.92. The molecule has 0 bridgehead atoms. The first-order valence-electron chi connectivity index (χ1n) is 0.697. The maximum atomic E-state index is 8.50. The van der Waals surface area contributed by atoms with Crippen LogP contribution in [-0.2, 0) is 28.6 Å². The molecule has 0 saturated heterocycles. The Bertz CT molecular complexity index is 40.1. The summed E-state index contributed by atoms with van der Waals surface area (Å²) < 4.78 is 25.4. The predicted molar refractivity (Wildman–Crippen MR) is 17.8 cm³/mol. The summed E-state index contributed by atoms with van der Waals surface area (Å²) >= 11 is -2.10. The van der Waals surface area contributed by atoms with Crippen molar-refractivity contribution < 1.29 is 28.6 Å².